The van der Waals surface area contributed by atoms with Crippen molar-refractivity contribution in [2.24, 2.45) is 0 Å². The minimum atomic E-state index is -3.43. The highest BCUT2D eigenvalue weighted by molar-refractivity contribution is 7.88. The lowest BCUT2D eigenvalue weighted by molar-refractivity contribution is 0.398. The molecule has 0 aliphatic rings. The summed E-state index contributed by atoms with van der Waals surface area (Å²) in [5, 5.41) is 2.38. The van der Waals surface area contributed by atoms with E-state index in [0.717, 1.165) is 11.1 Å². The van der Waals surface area contributed by atoms with E-state index in [-0.39, 0.29) is 18.6 Å². The molecule has 0 unspecified atom stereocenters. The number of nitrogens with one attached hydrogen (secondary N) is 1. The fourth-order valence-electron chi connectivity index (χ4n) is 2.24. The van der Waals surface area contributed by atoms with Crippen LogP contribution in [0.2, 0.25) is 0 Å². The molecule has 2 heterocycles. The molecule has 0 aliphatic heterocycles. The monoisotopic (exact) mass is 349 g/mol. The van der Waals surface area contributed by atoms with Crippen LogP contribution in [0.5, 0.6) is 0 Å². The van der Waals surface area contributed by atoms with Crippen molar-refractivity contribution in [3.63, 3.8) is 0 Å². The van der Waals surface area contributed by atoms with E-state index in [1.807, 2.05) is 17.5 Å². The molecule has 23 heavy (non-hydrogen) atoms. The number of hydrogen-bond donors (Lipinski definition) is 1. The van der Waals surface area contributed by atoms with Crippen molar-refractivity contribution in [3.8, 4) is 0 Å². The molecule has 0 bridgehead atoms. The smallest absolute Gasteiger partial charge is 0.258 e. The topological polar surface area (TPSA) is 83.1 Å². The number of aromatic amines is 1. The first-order chi connectivity index (χ1) is 10.9. The lowest BCUT2D eigenvalue weighted by Gasteiger charge is -2.18. The number of hydrogen-bond acceptors (Lipinski definition) is 5. The molecule has 0 saturated carbocycles. The molecule has 0 fully saturated rings. The predicted octanol–water partition coefficient (Wildman–Crippen LogP) is 1.95. The standard InChI is InChI=1S/C15H15N3O3S2/c1-23(20,21)18(9-11-5-4-8-22-11)10-14-16-13-7-3-2-6-12(13)15(19)17-14/h2-8H,9-10H2,1H3,(H,16,17,19). The highest BCUT2D eigenvalue weighted by Crippen LogP contribution is 2.16. The van der Waals surface area contributed by atoms with Crippen molar-refractivity contribution >= 4 is 32.3 Å². The largest absolute Gasteiger partial charge is 0.309 e. The van der Waals surface area contributed by atoms with Crippen molar-refractivity contribution in [3.05, 3.63) is 62.8 Å². The van der Waals surface area contributed by atoms with E-state index < -0.39 is 10.0 Å². The third-order valence-electron chi connectivity index (χ3n) is 3.37. The zero-order valence-corrected chi connectivity index (χ0v) is 14.0. The summed E-state index contributed by atoms with van der Waals surface area (Å²) >= 11 is 1.49. The first-order valence-corrected chi connectivity index (χ1v) is 9.62. The van der Waals surface area contributed by atoms with Gasteiger partial charge in [-0.15, -0.1) is 11.3 Å². The van der Waals surface area contributed by atoms with E-state index in [1.165, 1.54) is 15.6 Å². The minimum Gasteiger partial charge on any atom is -0.309 e. The fraction of sp³-hybridized carbons (Fsp3) is 0.200. The van der Waals surface area contributed by atoms with Crippen molar-refractivity contribution in [1.82, 2.24) is 14.3 Å². The second-order valence-corrected chi connectivity index (χ2v) is 8.15. The Hall–Kier alpha value is -2.03. The first kappa shape index (κ1) is 15.9. The van der Waals surface area contributed by atoms with Gasteiger partial charge >= 0.3 is 0 Å². The summed E-state index contributed by atoms with van der Waals surface area (Å²) in [5.41, 5.74) is 0.283. The Bertz CT molecular complexity index is 979. The molecule has 120 valence electrons. The molecule has 6 nitrogen and oxygen atoms in total. The van der Waals surface area contributed by atoms with Crippen LogP contribution in [0.1, 0.15) is 10.7 Å². The van der Waals surface area contributed by atoms with Gasteiger partial charge in [0.1, 0.15) is 5.82 Å². The third kappa shape index (κ3) is 3.66. The van der Waals surface area contributed by atoms with Gasteiger partial charge in [0.15, 0.2) is 0 Å². The summed E-state index contributed by atoms with van der Waals surface area (Å²) < 4.78 is 25.3. The maximum Gasteiger partial charge on any atom is 0.258 e. The van der Waals surface area contributed by atoms with E-state index in [1.54, 1.807) is 24.3 Å². The van der Waals surface area contributed by atoms with Crippen molar-refractivity contribution in [2.75, 3.05) is 6.26 Å². The van der Waals surface area contributed by atoms with Crippen LogP contribution >= 0.6 is 11.3 Å². The second kappa shape index (κ2) is 6.23. The van der Waals surface area contributed by atoms with Gasteiger partial charge in [0, 0.05) is 11.4 Å². The van der Waals surface area contributed by atoms with Gasteiger partial charge in [-0.2, -0.15) is 4.31 Å². The van der Waals surface area contributed by atoms with Crippen LogP contribution in [-0.2, 0) is 23.1 Å². The van der Waals surface area contributed by atoms with Crippen LogP contribution in [0.25, 0.3) is 10.9 Å². The second-order valence-electron chi connectivity index (χ2n) is 5.14. The number of H-pyrrole nitrogens is 1. The average Bonchev–Trinajstić information content (AvgIpc) is 2.99. The molecule has 0 saturated heterocycles. The zero-order chi connectivity index (χ0) is 16.4. The van der Waals surface area contributed by atoms with Crippen LogP contribution in [0.15, 0.2) is 46.6 Å². The molecular formula is C15H15N3O3S2. The molecule has 2 aromatic heterocycles. The average molecular weight is 349 g/mol. The van der Waals surface area contributed by atoms with E-state index in [0.29, 0.717) is 16.7 Å². The van der Waals surface area contributed by atoms with Crippen LogP contribution in [0.4, 0.5) is 0 Å². The van der Waals surface area contributed by atoms with Gasteiger partial charge in [-0.1, -0.05) is 18.2 Å². The highest BCUT2D eigenvalue weighted by Gasteiger charge is 2.19. The Morgan fingerprint density at radius 2 is 1.96 bits per heavy atom. The Kier molecular flexibility index (Phi) is 4.29. The summed E-state index contributed by atoms with van der Waals surface area (Å²) in [6, 6.07) is 10.7. The zero-order valence-electron chi connectivity index (χ0n) is 12.4. The third-order valence-corrected chi connectivity index (χ3v) is 5.43. The van der Waals surface area contributed by atoms with E-state index in [4.69, 9.17) is 0 Å². The van der Waals surface area contributed by atoms with E-state index in [2.05, 4.69) is 9.97 Å². The summed E-state index contributed by atoms with van der Waals surface area (Å²) in [5.74, 6) is 0.329. The lowest BCUT2D eigenvalue weighted by Crippen LogP contribution is -2.30. The molecule has 0 atom stereocenters. The SMILES string of the molecule is CS(=O)(=O)N(Cc1nc2ccccc2c(=O)[nH]1)Cc1cccs1. The minimum absolute atomic E-state index is 0.0246. The summed E-state index contributed by atoms with van der Waals surface area (Å²) in [7, 11) is -3.43. The number of aromatic nitrogens is 2. The molecule has 0 amide bonds. The summed E-state index contributed by atoms with van der Waals surface area (Å²) in [6.45, 7) is 0.282. The maximum atomic E-state index is 12.1. The van der Waals surface area contributed by atoms with E-state index in [9.17, 15) is 13.2 Å². The van der Waals surface area contributed by atoms with Crippen molar-refractivity contribution < 1.29 is 8.42 Å². The summed E-state index contributed by atoms with van der Waals surface area (Å²) in [6.07, 6.45) is 1.15. The Balaban J connectivity index is 1.95. The molecule has 1 aromatic carbocycles. The summed E-state index contributed by atoms with van der Waals surface area (Å²) in [4.78, 5) is 20.0. The normalized spacial score (nSPS) is 12.1. The number of para-hydroxylation sites is 1. The van der Waals surface area contributed by atoms with Crippen LogP contribution in [0.3, 0.4) is 0 Å². The van der Waals surface area contributed by atoms with Gasteiger partial charge in [-0.25, -0.2) is 13.4 Å². The molecule has 0 spiro atoms. The fourth-order valence-corrected chi connectivity index (χ4v) is 3.78. The van der Waals surface area contributed by atoms with E-state index >= 15 is 0 Å². The predicted molar refractivity (Wildman–Crippen MR) is 90.8 cm³/mol. The Morgan fingerprint density at radius 3 is 2.65 bits per heavy atom. The van der Waals surface area contributed by atoms with Crippen LogP contribution in [0, 0.1) is 0 Å². The molecule has 0 aliphatic carbocycles. The molecular weight excluding hydrogens is 334 g/mol. The van der Waals surface area contributed by atoms with Gasteiger partial charge in [0.25, 0.3) is 5.56 Å². The van der Waals surface area contributed by atoms with Crippen molar-refractivity contribution in [1.29, 1.82) is 0 Å². The van der Waals surface area contributed by atoms with Gasteiger partial charge < -0.3 is 4.98 Å². The number of sulfonamides is 1. The van der Waals surface area contributed by atoms with Crippen molar-refractivity contribution in [2.45, 2.75) is 13.1 Å². The quantitative estimate of drug-likeness (QED) is 0.763. The number of nitrogens with zero attached hydrogens (tertiary/aromatic N) is 2. The highest BCUT2D eigenvalue weighted by atomic mass is 32.2. The molecule has 1 N–H and O–H groups in total. The van der Waals surface area contributed by atoms with Crippen LogP contribution in [-0.4, -0.2) is 28.9 Å². The van der Waals surface area contributed by atoms with Crippen LogP contribution < -0.4 is 5.56 Å². The first-order valence-electron chi connectivity index (χ1n) is 6.89. The number of rotatable bonds is 5. The number of thiophene rings is 1. The van der Waals surface area contributed by atoms with Gasteiger partial charge in [-0.05, 0) is 23.6 Å². The van der Waals surface area contributed by atoms with Gasteiger partial charge in [0.2, 0.25) is 10.0 Å². The van der Waals surface area contributed by atoms with Gasteiger partial charge in [-0.3, -0.25) is 4.79 Å². The Labute approximate surface area is 137 Å². The maximum absolute atomic E-state index is 12.1. The molecule has 3 rings (SSSR count). The lowest BCUT2D eigenvalue weighted by atomic mass is 10.2. The van der Waals surface area contributed by atoms with Gasteiger partial charge in [0.05, 0.1) is 23.7 Å². The number of fused-ring (bicyclic) bond motifs is 1. The molecule has 0 radical (unpaired) electrons. The molecule has 3 aromatic rings. The molecule has 8 heteroatoms. The number of benzene rings is 1. The Morgan fingerprint density at radius 1 is 1.17 bits per heavy atom.